The molecule has 1 saturated carbocycles. The van der Waals surface area contributed by atoms with Gasteiger partial charge in [-0.1, -0.05) is 19.9 Å². The normalized spacial score (nSPS) is 22.5. The highest BCUT2D eigenvalue weighted by Gasteiger charge is 2.23. The molecule has 118 valence electrons. The molecule has 0 saturated heterocycles. The number of ether oxygens (including phenoxy) is 2. The number of hydrogen-bond donors (Lipinski definition) is 1. The van der Waals surface area contributed by atoms with Crippen LogP contribution in [-0.4, -0.2) is 30.3 Å². The molecule has 1 aliphatic carbocycles. The van der Waals surface area contributed by atoms with Crippen LogP contribution in [0.15, 0.2) is 12.1 Å². The monoisotopic (exact) mass is 292 g/mol. The van der Waals surface area contributed by atoms with E-state index in [2.05, 4.69) is 30.2 Å². The van der Waals surface area contributed by atoms with Crippen molar-refractivity contribution < 1.29 is 9.47 Å². The van der Waals surface area contributed by atoms with Gasteiger partial charge in [-0.2, -0.15) is 0 Å². The highest BCUT2D eigenvalue weighted by molar-refractivity contribution is 5.25. The van der Waals surface area contributed by atoms with Crippen LogP contribution in [0.3, 0.4) is 0 Å². The summed E-state index contributed by atoms with van der Waals surface area (Å²) in [6.45, 7) is 7.19. The molecule has 1 N–H and O–H groups in total. The fraction of sp³-hybridized carbons (Fsp3) is 0.706. The van der Waals surface area contributed by atoms with E-state index in [0.29, 0.717) is 12.1 Å². The summed E-state index contributed by atoms with van der Waals surface area (Å²) < 4.78 is 11.5. The van der Waals surface area contributed by atoms with Gasteiger partial charge in [0, 0.05) is 37.9 Å². The van der Waals surface area contributed by atoms with Gasteiger partial charge in [0.25, 0.3) is 0 Å². The van der Waals surface area contributed by atoms with E-state index < -0.39 is 0 Å². The quantitative estimate of drug-likeness (QED) is 0.874. The summed E-state index contributed by atoms with van der Waals surface area (Å²) in [5.41, 5.74) is 2.27. The number of methoxy groups -OCH3 is 1. The summed E-state index contributed by atoms with van der Waals surface area (Å²) in [6.07, 6.45) is 4.93. The summed E-state index contributed by atoms with van der Waals surface area (Å²) in [7, 11) is 1.78. The van der Waals surface area contributed by atoms with Crippen molar-refractivity contribution in [3.63, 3.8) is 0 Å². The van der Waals surface area contributed by atoms with Crippen LogP contribution in [0.2, 0.25) is 0 Å². The van der Waals surface area contributed by atoms with Crippen molar-refractivity contribution >= 4 is 0 Å². The summed E-state index contributed by atoms with van der Waals surface area (Å²) in [5.74, 6) is 0.738. The topological polar surface area (TPSA) is 43.4 Å². The Hall–Kier alpha value is -1.13. The zero-order chi connectivity index (χ0) is 15.2. The van der Waals surface area contributed by atoms with E-state index in [0.717, 1.165) is 37.4 Å². The summed E-state index contributed by atoms with van der Waals surface area (Å²) in [6, 6.07) is 4.58. The second kappa shape index (κ2) is 7.76. The zero-order valence-electron chi connectivity index (χ0n) is 13.7. The second-order valence-electron chi connectivity index (χ2n) is 6.19. The van der Waals surface area contributed by atoms with Crippen molar-refractivity contribution in [2.24, 2.45) is 0 Å². The molecule has 2 rings (SSSR count). The number of pyridine rings is 1. The Bertz CT molecular complexity index is 448. The molecule has 2 atom stereocenters. The summed E-state index contributed by atoms with van der Waals surface area (Å²) in [5, 5.41) is 3.42. The molecule has 21 heavy (non-hydrogen) atoms. The lowest BCUT2D eigenvalue weighted by Gasteiger charge is -2.28. The highest BCUT2D eigenvalue weighted by atomic mass is 16.5. The maximum absolute atomic E-state index is 6.04. The first-order valence-corrected chi connectivity index (χ1v) is 7.98. The zero-order valence-corrected chi connectivity index (χ0v) is 13.7. The molecule has 1 aliphatic rings. The van der Waals surface area contributed by atoms with Gasteiger partial charge in [0.1, 0.15) is 6.10 Å². The molecule has 0 bridgehead atoms. The average Bonchev–Trinajstić information content (AvgIpc) is 2.46. The molecular weight excluding hydrogens is 264 g/mol. The molecule has 4 nitrogen and oxygen atoms in total. The smallest absolute Gasteiger partial charge is 0.213 e. The largest absolute Gasteiger partial charge is 0.474 e. The van der Waals surface area contributed by atoms with Gasteiger partial charge in [0.15, 0.2) is 0 Å². The summed E-state index contributed by atoms with van der Waals surface area (Å²) >= 11 is 0. The van der Waals surface area contributed by atoms with Crippen LogP contribution in [-0.2, 0) is 11.3 Å². The number of nitrogens with zero attached hydrogens (tertiary/aromatic N) is 1. The van der Waals surface area contributed by atoms with Gasteiger partial charge >= 0.3 is 0 Å². The van der Waals surface area contributed by atoms with Gasteiger partial charge in [0.2, 0.25) is 5.88 Å². The average molecular weight is 292 g/mol. The predicted octanol–water partition coefficient (Wildman–Crippen LogP) is 3.22. The van der Waals surface area contributed by atoms with Crippen LogP contribution >= 0.6 is 0 Å². The molecule has 1 fully saturated rings. The van der Waals surface area contributed by atoms with E-state index in [4.69, 9.17) is 9.47 Å². The van der Waals surface area contributed by atoms with Crippen molar-refractivity contribution in [2.75, 3.05) is 7.11 Å². The number of aryl methyl sites for hydroxylation is 1. The molecule has 0 spiro atoms. The lowest BCUT2D eigenvalue weighted by atomic mass is 9.95. The van der Waals surface area contributed by atoms with Crippen LogP contribution < -0.4 is 10.1 Å². The number of nitrogens with one attached hydrogen (secondary N) is 1. The van der Waals surface area contributed by atoms with Gasteiger partial charge in [-0.15, -0.1) is 0 Å². The number of aromatic nitrogens is 1. The van der Waals surface area contributed by atoms with Crippen LogP contribution in [0.25, 0.3) is 0 Å². The van der Waals surface area contributed by atoms with E-state index in [1.54, 1.807) is 7.11 Å². The second-order valence-corrected chi connectivity index (χ2v) is 6.19. The predicted molar refractivity (Wildman–Crippen MR) is 84.6 cm³/mol. The van der Waals surface area contributed by atoms with Crippen LogP contribution in [0.4, 0.5) is 0 Å². The third-order valence-electron chi connectivity index (χ3n) is 4.07. The Morgan fingerprint density at radius 3 is 2.71 bits per heavy atom. The minimum absolute atomic E-state index is 0.232. The Morgan fingerprint density at radius 2 is 2.05 bits per heavy atom. The van der Waals surface area contributed by atoms with Crippen molar-refractivity contribution in [3.8, 4) is 5.88 Å². The van der Waals surface area contributed by atoms with Gasteiger partial charge < -0.3 is 14.8 Å². The van der Waals surface area contributed by atoms with Crippen molar-refractivity contribution in [3.05, 3.63) is 23.4 Å². The SMILES string of the molecule is COC1CCCC(Oc2ccc(CNC(C)C)c(C)n2)C1. The molecule has 4 heteroatoms. The number of hydrogen-bond acceptors (Lipinski definition) is 4. The van der Waals surface area contributed by atoms with E-state index in [9.17, 15) is 0 Å². The van der Waals surface area contributed by atoms with E-state index in [-0.39, 0.29) is 6.10 Å². The van der Waals surface area contributed by atoms with Crippen LogP contribution in [0.5, 0.6) is 5.88 Å². The molecule has 0 aromatic carbocycles. The third kappa shape index (κ3) is 4.97. The standard InChI is InChI=1S/C17H28N2O2/c1-12(2)18-11-14-8-9-17(19-13(14)3)21-16-7-5-6-15(10-16)20-4/h8-9,12,15-16,18H,5-7,10-11H2,1-4H3. The van der Waals surface area contributed by atoms with Gasteiger partial charge in [0.05, 0.1) is 6.10 Å². The molecule has 0 amide bonds. The third-order valence-corrected chi connectivity index (χ3v) is 4.07. The minimum Gasteiger partial charge on any atom is -0.474 e. The maximum atomic E-state index is 6.04. The summed E-state index contributed by atoms with van der Waals surface area (Å²) in [4.78, 5) is 4.59. The first-order chi connectivity index (χ1) is 10.1. The maximum Gasteiger partial charge on any atom is 0.213 e. The van der Waals surface area contributed by atoms with Crippen LogP contribution in [0.1, 0.15) is 50.8 Å². The fourth-order valence-electron chi connectivity index (χ4n) is 2.73. The van der Waals surface area contributed by atoms with E-state index >= 15 is 0 Å². The highest BCUT2D eigenvalue weighted by Crippen LogP contribution is 2.25. The number of rotatable bonds is 6. The van der Waals surface area contributed by atoms with Crippen molar-refractivity contribution in [1.29, 1.82) is 0 Å². The van der Waals surface area contributed by atoms with Gasteiger partial charge in [-0.05, 0) is 31.7 Å². The first-order valence-electron chi connectivity index (χ1n) is 7.98. The molecular formula is C17H28N2O2. The van der Waals surface area contributed by atoms with Crippen molar-refractivity contribution in [2.45, 2.75) is 71.2 Å². The van der Waals surface area contributed by atoms with E-state index in [1.807, 2.05) is 13.0 Å². The van der Waals surface area contributed by atoms with Gasteiger partial charge in [-0.3, -0.25) is 0 Å². The first kappa shape index (κ1) is 16.2. The lowest BCUT2D eigenvalue weighted by molar-refractivity contribution is 0.0194. The Morgan fingerprint density at radius 1 is 1.29 bits per heavy atom. The molecule has 2 unspecified atom stereocenters. The fourth-order valence-corrected chi connectivity index (χ4v) is 2.73. The molecule has 1 aromatic heterocycles. The van der Waals surface area contributed by atoms with Crippen LogP contribution in [0, 0.1) is 6.92 Å². The minimum atomic E-state index is 0.232. The Balaban J connectivity index is 1.93. The lowest BCUT2D eigenvalue weighted by Crippen LogP contribution is -2.29. The molecule has 0 radical (unpaired) electrons. The van der Waals surface area contributed by atoms with Gasteiger partial charge in [-0.25, -0.2) is 4.98 Å². The molecule has 0 aliphatic heterocycles. The molecule has 1 aromatic rings. The van der Waals surface area contributed by atoms with Crippen molar-refractivity contribution in [1.82, 2.24) is 10.3 Å². The molecule has 1 heterocycles. The van der Waals surface area contributed by atoms with E-state index in [1.165, 1.54) is 12.0 Å². The Kier molecular flexibility index (Phi) is 6.00. The Labute approximate surface area is 128 Å².